The van der Waals surface area contributed by atoms with Crippen molar-refractivity contribution in [1.82, 2.24) is 14.9 Å². The molecule has 2 aliphatic heterocycles. The maximum Gasteiger partial charge on any atom is 0.172 e. The van der Waals surface area contributed by atoms with Gasteiger partial charge < -0.3 is 15.1 Å². The third-order valence-electron chi connectivity index (χ3n) is 5.97. The van der Waals surface area contributed by atoms with Gasteiger partial charge in [0.15, 0.2) is 17.4 Å². The molecule has 0 spiro atoms. The summed E-state index contributed by atoms with van der Waals surface area (Å²) in [5.41, 5.74) is 2.18. The standard InChI is InChI=1S/C23H29ClFN5O/c1-14(2)26-22-23(28-19-8-9-29(3)13-20(19)27-22)30-10-6-15(7-11-30)21(31)17-12-16(24)4-5-18(17)25/h4-5,12,14-15H,6-11,13H2,1-3H3,(H,26,27). The van der Waals surface area contributed by atoms with Gasteiger partial charge in [-0.15, -0.1) is 0 Å². The zero-order chi connectivity index (χ0) is 22.1. The number of Topliss-reactive ketones (excluding diaryl/α,β-unsaturated/α-hetero) is 1. The van der Waals surface area contributed by atoms with Gasteiger partial charge in [-0.25, -0.2) is 14.4 Å². The fraction of sp³-hybridized carbons (Fsp3) is 0.522. The monoisotopic (exact) mass is 445 g/mol. The molecule has 8 heteroatoms. The van der Waals surface area contributed by atoms with Crippen LogP contribution in [-0.2, 0) is 13.0 Å². The highest BCUT2D eigenvalue weighted by Crippen LogP contribution is 2.31. The zero-order valence-electron chi connectivity index (χ0n) is 18.3. The van der Waals surface area contributed by atoms with E-state index in [-0.39, 0.29) is 23.3 Å². The van der Waals surface area contributed by atoms with Crippen molar-refractivity contribution in [3.8, 4) is 0 Å². The highest BCUT2D eigenvalue weighted by molar-refractivity contribution is 6.31. The maximum atomic E-state index is 14.2. The van der Waals surface area contributed by atoms with Gasteiger partial charge in [0, 0.05) is 49.6 Å². The molecule has 1 aromatic heterocycles. The van der Waals surface area contributed by atoms with Gasteiger partial charge in [0.05, 0.1) is 17.0 Å². The third-order valence-corrected chi connectivity index (χ3v) is 6.20. The predicted molar refractivity (Wildman–Crippen MR) is 122 cm³/mol. The Morgan fingerprint density at radius 2 is 1.94 bits per heavy atom. The summed E-state index contributed by atoms with van der Waals surface area (Å²) in [5.74, 6) is 0.766. The van der Waals surface area contributed by atoms with Crippen LogP contribution in [0.15, 0.2) is 18.2 Å². The van der Waals surface area contributed by atoms with Crippen LogP contribution in [0.25, 0.3) is 0 Å². The van der Waals surface area contributed by atoms with Crippen LogP contribution in [0.4, 0.5) is 16.0 Å². The first-order valence-electron chi connectivity index (χ1n) is 10.9. The second-order valence-corrected chi connectivity index (χ2v) is 9.26. The first-order chi connectivity index (χ1) is 14.8. The van der Waals surface area contributed by atoms with E-state index in [0.717, 1.165) is 42.5 Å². The number of piperidine rings is 1. The van der Waals surface area contributed by atoms with Gasteiger partial charge in [0.25, 0.3) is 0 Å². The minimum Gasteiger partial charge on any atom is -0.365 e. The minimum atomic E-state index is -0.509. The lowest BCUT2D eigenvalue weighted by Gasteiger charge is -2.34. The van der Waals surface area contributed by atoms with Crippen molar-refractivity contribution in [2.45, 2.75) is 45.7 Å². The fourth-order valence-electron chi connectivity index (χ4n) is 4.30. The quantitative estimate of drug-likeness (QED) is 0.697. The van der Waals surface area contributed by atoms with Gasteiger partial charge in [-0.1, -0.05) is 11.6 Å². The summed E-state index contributed by atoms with van der Waals surface area (Å²) in [5, 5.41) is 3.82. The SMILES string of the molecule is CC(C)Nc1nc2c(nc1N1CCC(C(=O)c3cc(Cl)ccc3F)CC1)CCN(C)C2. The summed E-state index contributed by atoms with van der Waals surface area (Å²) in [7, 11) is 2.10. The maximum absolute atomic E-state index is 14.2. The number of aromatic nitrogens is 2. The number of hydrogen-bond donors (Lipinski definition) is 1. The highest BCUT2D eigenvalue weighted by Gasteiger charge is 2.30. The lowest BCUT2D eigenvalue weighted by Crippen LogP contribution is -2.38. The van der Waals surface area contributed by atoms with Gasteiger partial charge >= 0.3 is 0 Å². The van der Waals surface area contributed by atoms with Gasteiger partial charge in [-0.05, 0) is 51.9 Å². The van der Waals surface area contributed by atoms with Crippen molar-refractivity contribution in [3.63, 3.8) is 0 Å². The summed E-state index contributed by atoms with van der Waals surface area (Å²) in [4.78, 5) is 27.2. The molecule has 2 aliphatic rings. The summed E-state index contributed by atoms with van der Waals surface area (Å²) >= 11 is 5.98. The van der Waals surface area contributed by atoms with Gasteiger partial charge in [0.1, 0.15) is 5.82 Å². The van der Waals surface area contributed by atoms with Crippen molar-refractivity contribution in [1.29, 1.82) is 0 Å². The van der Waals surface area contributed by atoms with Crippen LogP contribution in [-0.4, -0.2) is 53.4 Å². The average Bonchev–Trinajstić information content (AvgIpc) is 2.74. The molecule has 1 N–H and O–H groups in total. The average molecular weight is 446 g/mol. The number of carbonyl (C=O) groups is 1. The number of fused-ring (bicyclic) bond motifs is 1. The molecule has 3 heterocycles. The third kappa shape index (κ3) is 4.83. The Hall–Kier alpha value is -2.25. The lowest BCUT2D eigenvalue weighted by molar-refractivity contribution is 0.0896. The molecule has 0 saturated carbocycles. The van der Waals surface area contributed by atoms with Crippen LogP contribution in [0.5, 0.6) is 0 Å². The van der Waals surface area contributed by atoms with E-state index >= 15 is 0 Å². The Labute approximate surface area is 187 Å². The number of anilines is 2. The summed E-state index contributed by atoms with van der Waals surface area (Å²) < 4.78 is 14.2. The molecule has 1 fully saturated rings. The Morgan fingerprint density at radius 1 is 1.19 bits per heavy atom. The van der Waals surface area contributed by atoms with Crippen LogP contribution in [0.3, 0.4) is 0 Å². The number of carbonyl (C=O) groups excluding carboxylic acids is 1. The van der Waals surface area contributed by atoms with E-state index in [1.165, 1.54) is 18.2 Å². The fourth-order valence-corrected chi connectivity index (χ4v) is 4.48. The molecule has 0 radical (unpaired) electrons. The summed E-state index contributed by atoms with van der Waals surface area (Å²) in [6, 6.07) is 4.39. The van der Waals surface area contributed by atoms with Crippen molar-refractivity contribution < 1.29 is 9.18 Å². The van der Waals surface area contributed by atoms with E-state index < -0.39 is 5.82 Å². The van der Waals surface area contributed by atoms with Crippen LogP contribution >= 0.6 is 11.6 Å². The number of nitrogens with one attached hydrogen (secondary N) is 1. The van der Waals surface area contributed by atoms with E-state index in [0.29, 0.717) is 31.0 Å². The van der Waals surface area contributed by atoms with Crippen molar-refractivity contribution in [3.05, 3.63) is 46.0 Å². The molecule has 2 aromatic rings. The Balaban J connectivity index is 1.53. The highest BCUT2D eigenvalue weighted by atomic mass is 35.5. The number of hydrogen-bond acceptors (Lipinski definition) is 6. The molecule has 1 aromatic carbocycles. The van der Waals surface area contributed by atoms with Crippen molar-refractivity contribution >= 4 is 29.0 Å². The zero-order valence-corrected chi connectivity index (χ0v) is 19.0. The molecule has 0 amide bonds. The number of rotatable bonds is 5. The van der Waals surface area contributed by atoms with Crippen molar-refractivity contribution in [2.24, 2.45) is 5.92 Å². The minimum absolute atomic E-state index is 0.0887. The predicted octanol–water partition coefficient (Wildman–Crippen LogP) is 4.18. The molecule has 0 atom stereocenters. The number of halogens is 2. The molecule has 0 bridgehead atoms. The second kappa shape index (κ2) is 9.09. The first kappa shape index (κ1) is 22.0. The Morgan fingerprint density at radius 3 is 2.65 bits per heavy atom. The van der Waals surface area contributed by atoms with E-state index in [1.807, 2.05) is 0 Å². The number of benzene rings is 1. The van der Waals surface area contributed by atoms with Crippen LogP contribution in [0.1, 0.15) is 48.4 Å². The van der Waals surface area contributed by atoms with Gasteiger partial charge in [-0.2, -0.15) is 0 Å². The lowest BCUT2D eigenvalue weighted by atomic mass is 9.88. The van der Waals surface area contributed by atoms with Crippen LogP contribution in [0.2, 0.25) is 5.02 Å². The first-order valence-corrected chi connectivity index (χ1v) is 11.3. The topological polar surface area (TPSA) is 61.4 Å². The molecular weight excluding hydrogens is 417 g/mol. The van der Waals surface area contributed by atoms with E-state index in [9.17, 15) is 9.18 Å². The molecule has 31 heavy (non-hydrogen) atoms. The Bertz CT molecular complexity index is 975. The van der Waals surface area contributed by atoms with E-state index in [1.54, 1.807) is 0 Å². The number of ketones is 1. The van der Waals surface area contributed by atoms with E-state index in [4.69, 9.17) is 21.6 Å². The molecule has 0 unspecified atom stereocenters. The number of nitrogens with zero attached hydrogens (tertiary/aromatic N) is 4. The summed E-state index contributed by atoms with van der Waals surface area (Å²) in [6.45, 7) is 7.30. The largest absolute Gasteiger partial charge is 0.365 e. The molecule has 6 nitrogen and oxygen atoms in total. The smallest absolute Gasteiger partial charge is 0.172 e. The number of likely N-dealkylation sites (N-methyl/N-ethyl adjacent to an activating group) is 1. The molecule has 1 saturated heterocycles. The second-order valence-electron chi connectivity index (χ2n) is 8.83. The normalized spacial score (nSPS) is 17.7. The molecule has 166 valence electrons. The molecular formula is C23H29ClFN5O. The van der Waals surface area contributed by atoms with Gasteiger partial charge in [0.2, 0.25) is 0 Å². The van der Waals surface area contributed by atoms with Crippen LogP contribution in [0, 0.1) is 11.7 Å². The molecule has 0 aliphatic carbocycles. The van der Waals surface area contributed by atoms with E-state index in [2.05, 4.69) is 36.0 Å². The molecule has 4 rings (SSSR count). The van der Waals surface area contributed by atoms with Gasteiger partial charge in [-0.3, -0.25) is 4.79 Å². The van der Waals surface area contributed by atoms with Crippen LogP contribution < -0.4 is 10.2 Å². The summed E-state index contributed by atoms with van der Waals surface area (Å²) in [6.07, 6.45) is 2.18. The van der Waals surface area contributed by atoms with Crippen molar-refractivity contribution in [2.75, 3.05) is 36.9 Å². The Kier molecular flexibility index (Phi) is 6.44.